The van der Waals surface area contributed by atoms with Crippen molar-refractivity contribution in [2.45, 2.75) is 348 Å². The fourth-order valence-electron chi connectivity index (χ4n) is 9.76. The van der Waals surface area contributed by atoms with Crippen LogP contribution in [0.1, 0.15) is 342 Å². The topological polar surface area (TPSA) is 78.9 Å². The van der Waals surface area contributed by atoms with Crippen molar-refractivity contribution in [3.63, 3.8) is 0 Å². The molecule has 0 aliphatic rings. The van der Waals surface area contributed by atoms with E-state index in [9.17, 15) is 14.4 Å². The number of hydrogen-bond acceptors (Lipinski definition) is 6. The molecular weight excluding hydrogens is 973 g/mol. The smallest absolute Gasteiger partial charge is 0.306 e. The minimum atomic E-state index is -0.788. The Morgan fingerprint density at radius 2 is 0.494 bits per heavy atom. The third kappa shape index (κ3) is 65.3. The zero-order valence-corrected chi connectivity index (χ0v) is 52.4. The molecule has 0 aromatic carbocycles. The number of esters is 3. The van der Waals surface area contributed by atoms with Gasteiger partial charge in [0.05, 0.1) is 0 Å². The van der Waals surface area contributed by atoms with E-state index in [0.717, 1.165) is 103 Å². The summed E-state index contributed by atoms with van der Waals surface area (Å²) >= 11 is 0. The molecule has 0 aliphatic heterocycles. The number of unbranched alkanes of at least 4 members (excludes halogenated alkanes) is 37. The molecule has 6 heteroatoms. The molecule has 0 bridgehead atoms. The minimum absolute atomic E-state index is 0.0825. The van der Waals surface area contributed by atoms with Crippen LogP contribution in [0.2, 0.25) is 0 Å². The predicted molar refractivity (Wildman–Crippen MR) is 344 cm³/mol. The van der Waals surface area contributed by atoms with Gasteiger partial charge in [-0.2, -0.15) is 0 Å². The first kappa shape index (κ1) is 75.6. The highest BCUT2D eigenvalue weighted by Crippen LogP contribution is 2.17. The lowest BCUT2D eigenvalue weighted by Crippen LogP contribution is -2.30. The number of allylic oxidation sites excluding steroid dienone is 14. The number of rotatable bonds is 62. The summed E-state index contributed by atoms with van der Waals surface area (Å²) < 4.78 is 17.0. The largest absolute Gasteiger partial charge is 0.462 e. The van der Waals surface area contributed by atoms with E-state index in [-0.39, 0.29) is 31.1 Å². The van der Waals surface area contributed by atoms with Crippen LogP contribution in [0.5, 0.6) is 0 Å². The average molecular weight is 1100 g/mol. The van der Waals surface area contributed by atoms with E-state index in [1.54, 1.807) is 0 Å². The fourth-order valence-corrected chi connectivity index (χ4v) is 9.76. The molecule has 0 saturated heterocycles. The zero-order chi connectivity index (χ0) is 57.1. The maximum Gasteiger partial charge on any atom is 0.306 e. The molecule has 6 nitrogen and oxygen atoms in total. The Balaban J connectivity index is 4.38. The van der Waals surface area contributed by atoms with Gasteiger partial charge in [0.25, 0.3) is 0 Å². The Hall–Kier alpha value is -3.41. The lowest BCUT2D eigenvalue weighted by atomic mass is 10.0. The summed E-state index contributed by atoms with van der Waals surface area (Å²) in [5, 5.41) is 0. The summed E-state index contributed by atoms with van der Waals surface area (Å²) in [5.74, 6) is -0.884. The van der Waals surface area contributed by atoms with E-state index >= 15 is 0 Å². The van der Waals surface area contributed by atoms with Crippen molar-refractivity contribution in [3.05, 3.63) is 85.1 Å². The van der Waals surface area contributed by atoms with Crippen molar-refractivity contribution in [3.8, 4) is 0 Å². The van der Waals surface area contributed by atoms with Crippen molar-refractivity contribution in [2.24, 2.45) is 0 Å². The molecule has 0 heterocycles. The molecule has 0 aromatic rings. The van der Waals surface area contributed by atoms with Crippen LogP contribution in [0.15, 0.2) is 85.1 Å². The molecule has 79 heavy (non-hydrogen) atoms. The van der Waals surface area contributed by atoms with E-state index in [0.29, 0.717) is 19.3 Å². The molecule has 0 rings (SSSR count). The van der Waals surface area contributed by atoms with Gasteiger partial charge in [-0.3, -0.25) is 14.4 Å². The van der Waals surface area contributed by atoms with Crippen molar-refractivity contribution in [1.82, 2.24) is 0 Å². The van der Waals surface area contributed by atoms with E-state index in [2.05, 4.69) is 106 Å². The molecule has 0 saturated carbocycles. The van der Waals surface area contributed by atoms with E-state index in [4.69, 9.17) is 14.2 Å². The van der Waals surface area contributed by atoms with Crippen molar-refractivity contribution in [1.29, 1.82) is 0 Å². The van der Waals surface area contributed by atoms with Gasteiger partial charge in [0.2, 0.25) is 0 Å². The second kappa shape index (κ2) is 67.1. The summed E-state index contributed by atoms with van der Waals surface area (Å²) in [7, 11) is 0. The van der Waals surface area contributed by atoms with Crippen LogP contribution in [-0.2, 0) is 28.6 Å². The Bertz CT molecular complexity index is 1500. The highest BCUT2D eigenvalue weighted by Gasteiger charge is 2.19. The van der Waals surface area contributed by atoms with Gasteiger partial charge in [-0.05, 0) is 116 Å². The molecule has 0 aliphatic carbocycles. The van der Waals surface area contributed by atoms with E-state index < -0.39 is 6.10 Å². The number of carbonyl (C=O) groups is 3. The van der Waals surface area contributed by atoms with E-state index in [1.165, 1.54) is 199 Å². The molecule has 0 aromatic heterocycles. The lowest BCUT2D eigenvalue weighted by Gasteiger charge is -2.18. The molecule has 0 amide bonds. The number of ether oxygens (including phenoxy) is 3. The fraction of sp³-hybridized carbons (Fsp3) is 0.767. The third-order valence-corrected chi connectivity index (χ3v) is 14.9. The number of carbonyl (C=O) groups excluding carboxylic acids is 3. The zero-order valence-electron chi connectivity index (χ0n) is 52.4. The van der Waals surface area contributed by atoms with Crippen LogP contribution >= 0.6 is 0 Å². The van der Waals surface area contributed by atoms with Gasteiger partial charge >= 0.3 is 17.9 Å². The van der Waals surface area contributed by atoms with Gasteiger partial charge in [0.1, 0.15) is 13.2 Å². The summed E-state index contributed by atoms with van der Waals surface area (Å²) in [6, 6.07) is 0. The Kier molecular flexibility index (Phi) is 64.2. The van der Waals surface area contributed by atoms with Gasteiger partial charge in [-0.25, -0.2) is 0 Å². The van der Waals surface area contributed by atoms with Gasteiger partial charge in [0.15, 0.2) is 6.10 Å². The summed E-state index contributed by atoms with van der Waals surface area (Å²) in [5.41, 5.74) is 0. The Labute approximate surface area is 490 Å². The normalized spacial score (nSPS) is 12.6. The molecule has 0 N–H and O–H groups in total. The van der Waals surface area contributed by atoms with E-state index in [1.807, 2.05) is 0 Å². The molecule has 456 valence electrons. The summed E-state index contributed by atoms with van der Waals surface area (Å²) in [6.45, 7) is 6.54. The summed E-state index contributed by atoms with van der Waals surface area (Å²) in [6.07, 6.45) is 88.8. The van der Waals surface area contributed by atoms with Crippen molar-refractivity contribution >= 4 is 17.9 Å². The standard InChI is InChI=1S/C73H128O6/c1-4-7-10-13-16-19-22-25-28-31-34-35-36-37-40-42-45-48-51-54-57-60-63-66-72(75)78-69-70(79-73(76)67-64-61-58-55-52-49-46-43-39-33-30-27-24-21-18-15-12-9-6-3)68-77-71(74)65-62-59-56-53-50-47-44-41-38-32-29-26-23-20-17-14-11-8-5-2/h9,12,18,21-22,25-27,29-31,34,39,43,70H,4-8,10-11,13-17,19-20,23-24,28,32-33,35-38,40-42,44-69H2,1-3H3/b12-9-,21-18-,25-22-,29-26-,30-27-,34-31-,43-39-. The second-order valence-corrected chi connectivity index (χ2v) is 22.7. The minimum Gasteiger partial charge on any atom is -0.462 e. The van der Waals surface area contributed by atoms with Crippen LogP contribution in [-0.4, -0.2) is 37.2 Å². The molecule has 1 atom stereocenters. The third-order valence-electron chi connectivity index (χ3n) is 14.9. The lowest BCUT2D eigenvalue weighted by molar-refractivity contribution is -0.167. The first-order valence-corrected chi connectivity index (χ1v) is 34.1. The van der Waals surface area contributed by atoms with Crippen LogP contribution < -0.4 is 0 Å². The maximum atomic E-state index is 12.9. The van der Waals surface area contributed by atoms with Gasteiger partial charge in [-0.15, -0.1) is 0 Å². The Morgan fingerprint density at radius 3 is 0.785 bits per heavy atom. The van der Waals surface area contributed by atoms with Gasteiger partial charge in [0, 0.05) is 19.3 Å². The van der Waals surface area contributed by atoms with Crippen molar-refractivity contribution in [2.75, 3.05) is 13.2 Å². The summed E-state index contributed by atoms with van der Waals surface area (Å²) in [4.78, 5) is 38.4. The Morgan fingerprint density at radius 1 is 0.266 bits per heavy atom. The SMILES string of the molecule is CC/C=C\C/C=C\C/C=C\C/C=C\CCCCCCCCC(=O)OC(COC(=O)CCCCCCCCCCC/C=C\CCCCCCCC)COC(=O)CCCCCCCCCCCCC/C=C\C/C=C\CCCCCCC. The average Bonchev–Trinajstić information content (AvgIpc) is 3.45. The molecule has 0 spiro atoms. The second-order valence-electron chi connectivity index (χ2n) is 22.7. The predicted octanol–water partition coefficient (Wildman–Crippen LogP) is 23.4. The quantitative estimate of drug-likeness (QED) is 0.0261. The molecule has 0 fully saturated rings. The van der Waals surface area contributed by atoms with Crippen LogP contribution in [0.25, 0.3) is 0 Å². The maximum absolute atomic E-state index is 12.9. The first-order chi connectivity index (χ1) is 39.0. The van der Waals surface area contributed by atoms with Crippen molar-refractivity contribution < 1.29 is 28.6 Å². The highest BCUT2D eigenvalue weighted by molar-refractivity contribution is 5.71. The van der Waals surface area contributed by atoms with Crippen LogP contribution in [0.4, 0.5) is 0 Å². The highest BCUT2D eigenvalue weighted by atomic mass is 16.6. The van der Waals surface area contributed by atoms with Gasteiger partial charge in [-0.1, -0.05) is 292 Å². The molecular formula is C73H128O6. The number of hydrogen-bond donors (Lipinski definition) is 0. The van der Waals surface area contributed by atoms with Crippen LogP contribution in [0, 0.1) is 0 Å². The molecule has 1 unspecified atom stereocenters. The molecule has 0 radical (unpaired) electrons. The van der Waals surface area contributed by atoms with Gasteiger partial charge < -0.3 is 14.2 Å². The van der Waals surface area contributed by atoms with Crippen LogP contribution in [0.3, 0.4) is 0 Å². The first-order valence-electron chi connectivity index (χ1n) is 34.1. The monoisotopic (exact) mass is 1100 g/mol.